The van der Waals surface area contributed by atoms with Gasteiger partial charge in [0.25, 0.3) is 0 Å². The third-order valence-corrected chi connectivity index (χ3v) is 5.58. The SMILES string of the molecule is CC[C@@H](c1nnnn1CCc1ccccc1)N1CCN(c2ccccc2)CC1. The highest BCUT2D eigenvalue weighted by Gasteiger charge is 2.27. The summed E-state index contributed by atoms with van der Waals surface area (Å²) in [6.07, 6.45) is 1.95. The predicted molar refractivity (Wildman–Crippen MR) is 111 cm³/mol. The van der Waals surface area contributed by atoms with Crippen LogP contribution >= 0.6 is 0 Å². The third kappa shape index (κ3) is 4.22. The van der Waals surface area contributed by atoms with Crippen LogP contribution in [0.25, 0.3) is 0 Å². The summed E-state index contributed by atoms with van der Waals surface area (Å²) in [7, 11) is 0. The lowest BCUT2D eigenvalue weighted by molar-refractivity contribution is 0.169. The first-order valence-electron chi connectivity index (χ1n) is 10.2. The lowest BCUT2D eigenvalue weighted by Gasteiger charge is -2.39. The molecule has 6 nitrogen and oxygen atoms in total. The van der Waals surface area contributed by atoms with Crippen LogP contribution in [-0.4, -0.2) is 51.3 Å². The molecule has 1 aliphatic rings. The van der Waals surface area contributed by atoms with Crippen LogP contribution in [-0.2, 0) is 13.0 Å². The lowest BCUT2D eigenvalue weighted by Crippen LogP contribution is -2.48. The number of aryl methyl sites for hydroxylation is 2. The summed E-state index contributed by atoms with van der Waals surface area (Å²) >= 11 is 0. The van der Waals surface area contributed by atoms with Crippen molar-refractivity contribution in [1.82, 2.24) is 25.1 Å². The van der Waals surface area contributed by atoms with Gasteiger partial charge in [-0.2, -0.15) is 0 Å². The minimum atomic E-state index is 0.267. The number of rotatable bonds is 7. The molecule has 1 saturated heterocycles. The summed E-state index contributed by atoms with van der Waals surface area (Å²) in [6, 6.07) is 21.5. The van der Waals surface area contributed by atoms with Crippen LogP contribution in [0.1, 0.15) is 30.8 Å². The molecular formula is C22H28N6. The average molecular weight is 377 g/mol. The van der Waals surface area contributed by atoms with Crippen molar-refractivity contribution in [3.05, 3.63) is 72.1 Å². The topological polar surface area (TPSA) is 50.1 Å². The molecule has 0 radical (unpaired) electrons. The second kappa shape index (κ2) is 8.97. The second-order valence-electron chi connectivity index (χ2n) is 7.28. The predicted octanol–water partition coefficient (Wildman–Crippen LogP) is 3.19. The van der Waals surface area contributed by atoms with Crippen molar-refractivity contribution in [2.24, 2.45) is 0 Å². The van der Waals surface area contributed by atoms with E-state index < -0.39 is 0 Å². The molecule has 1 atom stereocenters. The number of tetrazole rings is 1. The molecule has 0 spiro atoms. The van der Waals surface area contributed by atoms with Crippen LogP contribution in [0.4, 0.5) is 5.69 Å². The van der Waals surface area contributed by atoms with Crippen molar-refractivity contribution < 1.29 is 0 Å². The van der Waals surface area contributed by atoms with Crippen LogP contribution in [0.15, 0.2) is 60.7 Å². The van der Waals surface area contributed by atoms with Gasteiger partial charge in [0.1, 0.15) is 0 Å². The van der Waals surface area contributed by atoms with E-state index in [2.05, 4.69) is 86.8 Å². The Morgan fingerprint density at radius 1 is 0.893 bits per heavy atom. The van der Waals surface area contributed by atoms with Gasteiger partial charge in [0, 0.05) is 38.4 Å². The fourth-order valence-corrected chi connectivity index (χ4v) is 4.02. The number of benzene rings is 2. The minimum absolute atomic E-state index is 0.267. The van der Waals surface area contributed by atoms with Gasteiger partial charge in [0.2, 0.25) is 0 Å². The summed E-state index contributed by atoms with van der Waals surface area (Å²) in [5, 5.41) is 12.7. The number of hydrogen-bond donors (Lipinski definition) is 0. The molecular weight excluding hydrogens is 348 g/mol. The molecule has 1 aliphatic heterocycles. The fourth-order valence-electron chi connectivity index (χ4n) is 4.02. The molecule has 0 saturated carbocycles. The van der Waals surface area contributed by atoms with E-state index in [9.17, 15) is 0 Å². The first-order valence-corrected chi connectivity index (χ1v) is 10.2. The Balaban J connectivity index is 1.40. The van der Waals surface area contributed by atoms with Gasteiger partial charge in [0.05, 0.1) is 6.04 Å². The molecule has 0 bridgehead atoms. The Labute approximate surface area is 166 Å². The molecule has 3 aromatic rings. The van der Waals surface area contributed by atoms with Gasteiger partial charge >= 0.3 is 0 Å². The zero-order valence-electron chi connectivity index (χ0n) is 16.5. The molecule has 28 heavy (non-hydrogen) atoms. The molecule has 0 aliphatic carbocycles. The molecule has 0 amide bonds. The van der Waals surface area contributed by atoms with Crippen molar-refractivity contribution in [3.8, 4) is 0 Å². The van der Waals surface area contributed by atoms with Gasteiger partial charge in [-0.1, -0.05) is 55.5 Å². The van der Waals surface area contributed by atoms with E-state index in [1.165, 1.54) is 11.3 Å². The Morgan fingerprint density at radius 3 is 2.25 bits per heavy atom. The van der Waals surface area contributed by atoms with E-state index in [-0.39, 0.29) is 6.04 Å². The molecule has 0 unspecified atom stereocenters. The number of anilines is 1. The zero-order chi connectivity index (χ0) is 19.2. The Morgan fingerprint density at radius 2 is 1.57 bits per heavy atom. The molecule has 1 aromatic heterocycles. The first-order chi connectivity index (χ1) is 13.8. The van der Waals surface area contributed by atoms with E-state index in [1.54, 1.807) is 0 Å². The highest BCUT2D eigenvalue weighted by molar-refractivity contribution is 5.46. The van der Waals surface area contributed by atoms with Gasteiger partial charge in [-0.3, -0.25) is 4.90 Å². The number of para-hydroxylation sites is 1. The van der Waals surface area contributed by atoms with Crippen molar-refractivity contribution in [1.29, 1.82) is 0 Å². The van der Waals surface area contributed by atoms with Gasteiger partial charge in [-0.15, -0.1) is 5.10 Å². The van der Waals surface area contributed by atoms with E-state index in [0.29, 0.717) is 0 Å². The molecule has 2 aromatic carbocycles. The van der Waals surface area contributed by atoms with E-state index >= 15 is 0 Å². The van der Waals surface area contributed by atoms with Gasteiger partial charge < -0.3 is 4.90 Å². The van der Waals surface area contributed by atoms with Crippen LogP contribution < -0.4 is 4.90 Å². The van der Waals surface area contributed by atoms with Gasteiger partial charge in [-0.25, -0.2) is 4.68 Å². The zero-order valence-corrected chi connectivity index (χ0v) is 16.5. The standard InChI is InChI=1S/C22H28N6/c1-2-21(27-17-15-26(16-18-27)20-11-7-4-8-12-20)22-23-24-25-28(22)14-13-19-9-5-3-6-10-19/h3-12,21H,2,13-18H2,1H3/t21-/m0/s1. The fraction of sp³-hybridized carbons (Fsp3) is 0.409. The van der Waals surface area contributed by atoms with Crippen LogP contribution in [0, 0.1) is 0 Å². The average Bonchev–Trinajstić information content (AvgIpc) is 3.23. The van der Waals surface area contributed by atoms with Crippen molar-refractivity contribution >= 4 is 5.69 Å². The van der Waals surface area contributed by atoms with Gasteiger partial charge in [-0.05, 0) is 41.0 Å². The highest BCUT2D eigenvalue weighted by atomic mass is 15.5. The van der Waals surface area contributed by atoms with E-state index in [1.807, 2.05) is 10.7 Å². The molecule has 0 N–H and O–H groups in total. The highest BCUT2D eigenvalue weighted by Crippen LogP contribution is 2.25. The maximum Gasteiger partial charge on any atom is 0.168 e. The monoisotopic (exact) mass is 376 g/mol. The summed E-state index contributed by atoms with van der Waals surface area (Å²) in [4.78, 5) is 4.99. The Bertz CT molecular complexity index is 840. The van der Waals surface area contributed by atoms with Crippen LogP contribution in [0.2, 0.25) is 0 Å². The lowest BCUT2D eigenvalue weighted by atomic mass is 10.1. The van der Waals surface area contributed by atoms with Crippen molar-refractivity contribution in [3.63, 3.8) is 0 Å². The quantitative estimate of drug-likeness (QED) is 0.634. The smallest absolute Gasteiger partial charge is 0.168 e. The third-order valence-electron chi connectivity index (χ3n) is 5.58. The maximum absolute atomic E-state index is 4.40. The first kappa shape index (κ1) is 18.6. The van der Waals surface area contributed by atoms with Crippen molar-refractivity contribution in [2.75, 3.05) is 31.1 Å². The summed E-state index contributed by atoms with van der Waals surface area (Å²) in [5.41, 5.74) is 2.62. The molecule has 2 heterocycles. The Kier molecular flexibility index (Phi) is 5.97. The van der Waals surface area contributed by atoms with Gasteiger partial charge in [0.15, 0.2) is 5.82 Å². The minimum Gasteiger partial charge on any atom is -0.369 e. The molecule has 146 valence electrons. The van der Waals surface area contributed by atoms with Crippen LogP contribution in [0.5, 0.6) is 0 Å². The Hall–Kier alpha value is -2.73. The van der Waals surface area contributed by atoms with E-state index in [0.717, 1.165) is 51.4 Å². The summed E-state index contributed by atoms with van der Waals surface area (Å²) in [5.74, 6) is 0.992. The number of piperazine rings is 1. The number of nitrogens with zero attached hydrogens (tertiary/aromatic N) is 6. The molecule has 6 heteroatoms. The second-order valence-corrected chi connectivity index (χ2v) is 7.28. The maximum atomic E-state index is 4.40. The van der Waals surface area contributed by atoms with E-state index in [4.69, 9.17) is 0 Å². The number of hydrogen-bond acceptors (Lipinski definition) is 5. The summed E-state index contributed by atoms with van der Waals surface area (Å²) < 4.78 is 1.99. The normalized spacial score (nSPS) is 16.2. The number of aromatic nitrogens is 4. The largest absolute Gasteiger partial charge is 0.369 e. The summed E-state index contributed by atoms with van der Waals surface area (Å²) in [6.45, 7) is 7.16. The molecule has 4 rings (SSSR count). The van der Waals surface area contributed by atoms with Crippen LogP contribution in [0.3, 0.4) is 0 Å². The van der Waals surface area contributed by atoms with Crippen molar-refractivity contribution in [2.45, 2.75) is 32.4 Å². The molecule has 1 fully saturated rings.